The Kier molecular flexibility index (Phi) is 10.1. The summed E-state index contributed by atoms with van der Waals surface area (Å²) in [6.45, 7) is 4.17. The minimum atomic E-state index is -1.30. The van der Waals surface area contributed by atoms with Gasteiger partial charge in [0.1, 0.15) is 6.04 Å². The van der Waals surface area contributed by atoms with E-state index in [0.717, 1.165) is 11.1 Å². The van der Waals surface area contributed by atoms with Crippen LogP contribution in [-0.4, -0.2) is 55.2 Å². The second-order valence-electron chi connectivity index (χ2n) is 9.68. The summed E-state index contributed by atoms with van der Waals surface area (Å²) in [5.41, 5.74) is 9.32. The second-order valence-corrected chi connectivity index (χ2v) is 9.68. The summed E-state index contributed by atoms with van der Waals surface area (Å²) in [4.78, 5) is 38.8. The van der Waals surface area contributed by atoms with Crippen molar-refractivity contribution in [3.63, 3.8) is 0 Å². The Morgan fingerprint density at radius 3 is 1.80 bits per heavy atom. The number of aliphatic carboxylic acids is 1. The summed E-state index contributed by atoms with van der Waals surface area (Å²) in [5, 5.41) is 10.1. The normalized spacial score (nSPS) is 11.6. The van der Waals surface area contributed by atoms with Crippen molar-refractivity contribution in [1.82, 2.24) is 4.90 Å². The third-order valence-electron chi connectivity index (χ3n) is 6.71. The lowest BCUT2D eigenvalue weighted by Gasteiger charge is -2.29. The van der Waals surface area contributed by atoms with E-state index >= 15 is 0 Å². The number of rotatable bonds is 13. The Labute approximate surface area is 234 Å². The molecule has 0 fully saturated rings. The lowest BCUT2D eigenvalue weighted by atomic mass is 9.98. The molecule has 0 aliphatic heterocycles. The number of carbonyl (C=O) groups is 3. The molecule has 212 valence electrons. The third kappa shape index (κ3) is 7.11. The van der Waals surface area contributed by atoms with Crippen molar-refractivity contribution in [3.8, 4) is 28.4 Å². The van der Waals surface area contributed by atoms with Crippen molar-refractivity contribution in [2.24, 2.45) is 5.73 Å². The van der Waals surface area contributed by atoms with E-state index in [9.17, 15) is 19.5 Å². The van der Waals surface area contributed by atoms with E-state index in [1.807, 2.05) is 24.3 Å². The molecule has 9 nitrogen and oxygen atoms in total. The lowest BCUT2D eigenvalue weighted by molar-refractivity contribution is -0.143. The number of hydrogen-bond donors (Lipinski definition) is 2. The maximum Gasteiger partial charge on any atom is 0.326 e. The number of nitrogens with two attached hydrogens (primary N) is 1. The van der Waals surface area contributed by atoms with Crippen molar-refractivity contribution in [2.75, 3.05) is 21.3 Å². The lowest BCUT2D eigenvalue weighted by Crippen LogP contribution is -2.45. The zero-order valence-electron chi connectivity index (χ0n) is 23.5. The predicted molar refractivity (Wildman–Crippen MR) is 152 cm³/mol. The van der Waals surface area contributed by atoms with Gasteiger partial charge in [-0.2, -0.15) is 0 Å². The number of carboxylic acids is 1. The van der Waals surface area contributed by atoms with Gasteiger partial charge in [0.05, 0.1) is 21.3 Å². The average Bonchev–Trinajstić information content (AvgIpc) is 2.95. The maximum absolute atomic E-state index is 13.8. The fraction of sp³-hybridized carbons (Fsp3) is 0.323. The number of carbonyl (C=O) groups excluding carboxylic acids is 2. The van der Waals surface area contributed by atoms with Crippen molar-refractivity contribution in [1.29, 1.82) is 0 Å². The number of hydrogen-bond acceptors (Lipinski definition) is 6. The van der Waals surface area contributed by atoms with Gasteiger partial charge in [0.15, 0.2) is 11.5 Å². The van der Waals surface area contributed by atoms with Crippen molar-refractivity contribution in [2.45, 2.75) is 45.2 Å². The van der Waals surface area contributed by atoms with Gasteiger partial charge in [-0.05, 0) is 58.9 Å². The summed E-state index contributed by atoms with van der Waals surface area (Å²) in [6, 6.07) is 17.2. The molecule has 0 aliphatic rings. The summed E-state index contributed by atoms with van der Waals surface area (Å²) in [6.07, 6.45) is -0.331. The number of ether oxygens (including phenoxy) is 3. The van der Waals surface area contributed by atoms with Crippen molar-refractivity contribution in [3.05, 3.63) is 77.4 Å². The molecule has 0 saturated carbocycles. The molecule has 0 bridgehead atoms. The Morgan fingerprint density at radius 1 is 0.850 bits per heavy atom. The van der Waals surface area contributed by atoms with Crippen LogP contribution in [0.1, 0.15) is 54.1 Å². The Hall–Kier alpha value is -4.53. The molecular formula is C31H36N2O7. The summed E-state index contributed by atoms with van der Waals surface area (Å²) < 4.78 is 16.2. The van der Waals surface area contributed by atoms with E-state index in [-0.39, 0.29) is 19.4 Å². The van der Waals surface area contributed by atoms with Crippen LogP contribution in [0.4, 0.5) is 0 Å². The highest BCUT2D eigenvalue weighted by Crippen LogP contribution is 2.39. The molecule has 0 unspecified atom stereocenters. The SMILES string of the molecule is COc1cc(CN(C(=O)c2ccc(-c3ccc(C(C)C)cc3)cc2)[C@@H](CCC(N)=O)C(=O)O)cc(OC)c1OC. The molecule has 1 atom stereocenters. The van der Waals surface area contributed by atoms with Gasteiger partial charge < -0.3 is 30.0 Å². The summed E-state index contributed by atoms with van der Waals surface area (Å²) in [7, 11) is 4.41. The standard InChI is InChI=1S/C31H36N2O7/c1-19(2)21-6-8-22(9-7-21)23-10-12-24(13-11-23)30(35)33(25(31(36)37)14-15-28(32)34)18-20-16-26(38-3)29(40-5)27(17-20)39-4/h6-13,16-17,19,25H,14-15,18H2,1-5H3,(H2,32,34)(H,36,37)/t25-/m0/s1. The first kappa shape index (κ1) is 30.0. The molecule has 2 amide bonds. The zero-order valence-corrected chi connectivity index (χ0v) is 23.5. The minimum Gasteiger partial charge on any atom is -0.493 e. The Bertz CT molecular complexity index is 1310. The fourth-order valence-corrected chi connectivity index (χ4v) is 4.47. The monoisotopic (exact) mass is 548 g/mol. The predicted octanol–water partition coefficient (Wildman–Crippen LogP) is 4.86. The highest BCUT2D eigenvalue weighted by Gasteiger charge is 2.31. The highest BCUT2D eigenvalue weighted by molar-refractivity contribution is 5.97. The minimum absolute atomic E-state index is 0.0936. The van der Waals surface area contributed by atoms with Crippen molar-refractivity contribution < 1.29 is 33.7 Å². The first-order chi connectivity index (χ1) is 19.1. The van der Waals surface area contributed by atoms with Gasteiger partial charge in [0, 0.05) is 18.5 Å². The summed E-state index contributed by atoms with van der Waals surface area (Å²) in [5.74, 6) is -0.896. The molecule has 0 radical (unpaired) electrons. The van der Waals surface area contributed by atoms with Crippen LogP contribution in [0.2, 0.25) is 0 Å². The van der Waals surface area contributed by atoms with Gasteiger partial charge in [-0.3, -0.25) is 9.59 Å². The van der Waals surface area contributed by atoms with Crippen LogP contribution >= 0.6 is 0 Å². The maximum atomic E-state index is 13.8. The molecule has 3 aromatic rings. The van der Waals surface area contributed by atoms with E-state index in [1.165, 1.54) is 31.8 Å². The van der Waals surface area contributed by atoms with Gasteiger partial charge in [0.2, 0.25) is 11.7 Å². The number of methoxy groups -OCH3 is 3. The molecular weight excluding hydrogens is 512 g/mol. The van der Waals surface area contributed by atoms with Crippen LogP contribution in [0.15, 0.2) is 60.7 Å². The smallest absolute Gasteiger partial charge is 0.326 e. The van der Waals surface area contributed by atoms with Crippen molar-refractivity contribution >= 4 is 17.8 Å². The highest BCUT2D eigenvalue weighted by atomic mass is 16.5. The van der Waals surface area contributed by atoms with Crippen LogP contribution in [-0.2, 0) is 16.1 Å². The molecule has 0 aliphatic carbocycles. The molecule has 3 N–H and O–H groups in total. The van der Waals surface area contributed by atoms with E-state index in [0.29, 0.717) is 34.3 Å². The van der Waals surface area contributed by atoms with Gasteiger partial charge in [-0.25, -0.2) is 4.79 Å². The topological polar surface area (TPSA) is 128 Å². The summed E-state index contributed by atoms with van der Waals surface area (Å²) >= 11 is 0. The molecule has 0 aromatic heterocycles. The van der Waals surface area contributed by atoms with Gasteiger partial charge >= 0.3 is 5.97 Å². The van der Waals surface area contributed by atoms with E-state index in [4.69, 9.17) is 19.9 Å². The molecule has 3 aromatic carbocycles. The van der Waals surface area contributed by atoms with Crippen LogP contribution in [0, 0.1) is 0 Å². The zero-order chi connectivity index (χ0) is 29.4. The molecule has 40 heavy (non-hydrogen) atoms. The average molecular weight is 549 g/mol. The molecule has 0 spiro atoms. The number of nitrogens with zero attached hydrogens (tertiary/aromatic N) is 1. The number of amides is 2. The molecule has 0 saturated heterocycles. The third-order valence-corrected chi connectivity index (χ3v) is 6.71. The Balaban J connectivity index is 1.99. The van der Waals surface area contributed by atoms with E-state index in [2.05, 4.69) is 26.0 Å². The van der Waals surface area contributed by atoms with Crippen LogP contribution in [0.25, 0.3) is 11.1 Å². The van der Waals surface area contributed by atoms with E-state index in [1.54, 1.807) is 24.3 Å². The Morgan fingerprint density at radius 2 is 1.38 bits per heavy atom. The quantitative estimate of drug-likeness (QED) is 0.312. The largest absolute Gasteiger partial charge is 0.493 e. The van der Waals surface area contributed by atoms with Gasteiger partial charge in [0.25, 0.3) is 5.91 Å². The van der Waals surface area contributed by atoms with E-state index < -0.39 is 23.8 Å². The first-order valence-corrected chi connectivity index (χ1v) is 12.9. The molecule has 9 heteroatoms. The van der Waals surface area contributed by atoms with Gasteiger partial charge in [-0.1, -0.05) is 50.2 Å². The number of benzene rings is 3. The first-order valence-electron chi connectivity index (χ1n) is 12.9. The van der Waals surface area contributed by atoms with Gasteiger partial charge in [-0.15, -0.1) is 0 Å². The van der Waals surface area contributed by atoms with Crippen LogP contribution in [0.3, 0.4) is 0 Å². The number of carboxylic acid groups (broad SMARTS) is 1. The molecule has 3 rings (SSSR count). The van der Waals surface area contributed by atoms with Crippen LogP contribution in [0.5, 0.6) is 17.2 Å². The van der Waals surface area contributed by atoms with Crippen LogP contribution < -0.4 is 19.9 Å². The molecule has 0 heterocycles. The second kappa shape index (κ2) is 13.5. The number of primary amides is 1. The fourth-order valence-electron chi connectivity index (χ4n) is 4.47.